The Labute approximate surface area is 167 Å². The summed E-state index contributed by atoms with van der Waals surface area (Å²) in [4.78, 5) is 11.3. The molecule has 4 aromatic rings. The van der Waals surface area contributed by atoms with E-state index in [1.54, 1.807) is 25.3 Å². The monoisotopic (exact) mass is 391 g/mol. The van der Waals surface area contributed by atoms with Gasteiger partial charge in [0.05, 0.1) is 12.7 Å². The Morgan fingerprint density at radius 3 is 2.61 bits per heavy atom. The van der Waals surface area contributed by atoms with Crippen molar-refractivity contribution in [2.24, 2.45) is 0 Å². The molecule has 0 aliphatic carbocycles. The molecule has 5 heteroatoms. The van der Waals surface area contributed by atoms with Gasteiger partial charge >= 0.3 is 5.97 Å². The molecule has 0 atom stereocenters. The van der Waals surface area contributed by atoms with Crippen LogP contribution in [0.3, 0.4) is 0 Å². The highest BCUT2D eigenvalue weighted by Gasteiger charge is 2.13. The van der Waals surface area contributed by atoms with E-state index in [2.05, 4.69) is 10.6 Å². The average molecular weight is 392 g/mol. The van der Waals surface area contributed by atoms with Crippen molar-refractivity contribution < 1.29 is 14.6 Å². The van der Waals surface area contributed by atoms with E-state index >= 15 is 0 Å². The molecule has 0 unspecified atom stereocenters. The summed E-state index contributed by atoms with van der Waals surface area (Å²) in [7, 11) is 1.65. The lowest BCUT2D eigenvalue weighted by atomic mass is 10.1. The highest BCUT2D eigenvalue weighted by atomic mass is 35.5. The van der Waals surface area contributed by atoms with Gasteiger partial charge in [-0.3, -0.25) is 0 Å². The molecule has 140 valence electrons. The number of rotatable bonds is 5. The van der Waals surface area contributed by atoms with Crippen molar-refractivity contribution in [3.05, 3.63) is 88.9 Å². The van der Waals surface area contributed by atoms with Crippen LogP contribution in [0, 0.1) is 0 Å². The van der Waals surface area contributed by atoms with Crippen molar-refractivity contribution >= 4 is 28.5 Å². The molecular formula is C23H18ClNO3. The number of carboxylic acid groups (broad SMARTS) is 1. The fraction of sp³-hybridized carbons (Fsp3) is 0.0870. The lowest BCUT2D eigenvalue weighted by molar-refractivity contribution is 0.0696. The number of methoxy groups -OCH3 is 1. The van der Waals surface area contributed by atoms with Gasteiger partial charge in [-0.2, -0.15) is 0 Å². The molecule has 0 aliphatic rings. The van der Waals surface area contributed by atoms with Gasteiger partial charge in [-0.05, 0) is 59.7 Å². The zero-order chi connectivity index (χ0) is 19.7. The molecule has 0 saturated carbocycles. The van der Waals surface area contributed by atoms with Gasteiger partial charge in [0.15, 0.2) is 0 Å². The summed E-state index contributed by atoms with van der Waals surface area (Å²) in [5.74, 6) is -0.144. The molecule has 0 fully saturated rings. The van der Waals surface area contributed by atoms with Crippen LogP contribution < -0.4 is 4.74 Å². The summed E-state index contributed by atoms with van der Waals surface area (Å²) < 4.78 is 7.53. The molecule has 28 heavy (non-hydrogen) atoms. The van der Waals surface area contributed by atoms with Crippen molar-refractivity contribution in [2.75, 3.05) is 7.11 Å². The minimum Gasteiger partial charge on any atom is -0.497 e. The van der Waals surface area contributed by atoms with Crippen LogP contribution in [-0.4, -0.2) is 22.8 Å². The van der Waals surface area contributed by atoms with Crippen molar-refractivity contribution in [3.8, 4) is 17.0 Å². The van der Waals surface area contributed by atoms with Crippen LogP contribution in [0.15, 0.2) is 72.8 Å². The average Bonchev–Trinajstić information content (AvgIpc) is 3.05. The summed E-state index contributed by atoms with van der Waals surface area (Å²) >= 11 is 6.21. The molecule has 3 aromatic carbocycles. The zero-order valence-electron chi connectivity index (χ0n) is 15.2. The minimum atomic E-state index is -0.931. The largest absolute Gasteiger partial charge is 0.497 e. The Hall–Kier alpha value is -3.24. The molecular weight excluding hydrogens is 374 g/mol. The summed E-state index contributed by atoms with van der Waals surface area (Å²) in [6.07, 6.45) is 0. The molecule has 0 radical (unpaired) electrons. The number of carboxylic acids is 1. The van der Waals surface area contributed by atoms with Gasteiger partial charge in [-0.15, -0.1) is 0 Å². The molecule has 0 aliphatic heterocycles. The van der Waals surface area contributed by atoms with E-state index < -0.39 is 5.97 Å². The van der Waals surface area contributed by atoms with Crippen LogP contribution in [0.2, 0.25) is 5.02 Å². The van der Waals surface area contributed by atoms with Crippen molar-refractivity contribution in [1.82, 2.24) is 4.57 Å². The van der Waals surface area contributed by atoms with Gasteiger partial charge in [0.25, 0.3) is 0 Å². The van der Waals surface area contributed by atoms with E-state index in [0.29, 0.717) is 11.6 Å². The second-order valence-electron chi connectivity index (χ2n) is 6.56. The lowest BCUT2D eigenvalue weighted by Crippen LogP contribution is -2.04. The maximum Gasteiger partial charge on any atom is 0.335 e. The van der Waals surface area contributed by atoms with Crippen molar-refractivity contribution in [3.63, 3.8) is 0 Å². The number of ether oxygens (including phenoxy) is 1. The molecule has 1 N–H and O–H groups in total. The van der Waals surface area contributed by atoms with Gasteiger partial charge in [-0.25, -0.2) is 4.79 Å². The van der Waals surface area contributed by atoms with E-state index in [4.69, 9.17) is 16.3 Å². The second kappa shape index (κ2) is 7.41. The Morgan fingerprint density at radius 2 is 1.86 bits per heavy atom. The summed E-state index contributed by atoms with van der Waals surface area (Å²) in [5, 5.41) is 11.0. The number of benzene rings is 3. The molecule has 1 heterocycles. The summed E-state index contributed by atoms with van der Waals surface area (Å²) in [6, 6.07) is 22.8. The topological polar surface area (TPSA) is 51.5 Å². The smallest absolute Gasteiger partial charge is 0.335 e. The van der Waals surface area contributed by atoms with E-state index in [1.807, 2.05) is 48.5 Å². The molecule has 0 spiro atoms. The van der Waals surface area contributed by atoms with E-state index in [1.165, 1.54) is 0 Å². The van der Waals surface area contributed by atoms with Crippen LogP contribution >= 0.6 is 11.6 Å². The minimum absolute atomic E-state index is 0.278. The number of nitrogens with zero attached hydrogens (tertiary/aromatic N) is 1. The SMILES string of the molecule is COc1ccc2c(c1)cc(-c1cccc(Cl)c1)n2Cc1cccc(C(=O)O)c1. The predicted octanol–water partition coefficient (Wildman–Crippen LogP) is 5.72. The van der Waals surface area contributed by atoms with Crippen LogP contribution in [-0.2, 0) is 6.54 Å². The lowest BCUT2D eigenvalue weighted by Gasteiger charge is -2.12. The number of fused-ring (bicyclic) bond motifs is 1. The van der Waals surface area contributed by atoms with Crippen LogP contribution in [0.25, 0.3) is 22.2 Å². The normalized spacial score (nSPS) is 10.9. The zero-order valence-corrected chi connectivity index (χ0v) is 16.0. The Bertz CT molecular complexity index is 1180. The Kier molecular flexibility index (Phi) is 4.80. The summed E-state index contributed by atoms with van der Waals surface area (Å²) in [6.45, 7) is 0.540. The van der Waals surface area contributed by atoms with Crippen molar-refractivity contribution in [1.29, 1.82) is 0 Å². The van der Waals surface area contributed by atoms with Gasteiger partial charge in [0, 0.05) is 28.2 Å². The van der Waals surface area contributed by atoms with E-state index in [9.17, 15) is 9.90 Å². The first-order valence-corrected chi connectivity index (χ1v) is 9.18. The van der Waals surface area contributed by atoms with Gasteiger partial charge < -0.3 is 14.4 Å². The number of halogens is 1. The predicted molar refractivity (Wildman–Crippen MR) is 111 cm³/mol. The van der Waals surface area contributed by atoms with Gasteiger partial charge in [0.2, 0.25) is 0 Å². The molecule has 4 rings (SSSR count). The fourth-order valence-corrected chi connectivity index (χ4v) is 3.61. The number of hydrogen-bond donors (Lipinski definition) is 1. The van der Waals surface area contributed by atoms with Crippen LogP contribution in [0.5, 0.6) is 5.75 Å². The summed E-state index contributed by atoms with van der Waals surface area (Å²) in [5.41, 5.74) is 4.23. The van der Waals surface area contributed by atoms with Gasteiger partial charge in [-0.1, -0.05) is 35.9 Å². The third-order valence-electron chi connectivity index (χ3n) is 4.74. The first-order valence-electron chi connectivity index (χ1n) is 8.80. The molecule has 1 aromatic heterocycles. The maximum atomic E-state index is 11.3. The Morgan fingerprint density at radius 1 is 1.04 bits per heavy atom. The van der Waals surface area contributed by atoms with Crippen LogP contribution in [0.4, 0.5) is 0 Å². The Balaban J connectivity index is 1.88. The van der Waals surface area contributed by atoms with Crippen LogP contribution in [0.1, 0.15) is 15.9 Å². The first-order chi connectivity index (χ1) is 13.5. The van der Waals surface area contributed by atoms with Gasteiger partial charge in [0.1, 0.15) is 5.75 Å². The van der Waals surface area contributed by atoms with Crippen molar-refractivity contribution in [2.45, 2.75) is 6.54 Å². The van der Waals surface area contributed by atoms with E-state index in [0.717, 1.165) is 33.5 Å². The number of aromatic nitrogens is 1. The molecule has 0 amide bonds. The number of hydrogen-bond acceptors (Lipinski definition) is 2. The van der Waals surface area contributed by atoms with E-state index in [-0.39, 0.29) is 5.56 Å². The molecule has 0 bridgehead atoms. The first kappa shape index (κ1) is 18.1. The third kappa shape index (κ3) is 3.47. The fourth-order valence-electron chi connectivity index (χ4n) is 3.42. The third-order valence-corrected chi connectivity index (χ3v) is 4.98. The maximum absolute atomic E-state index is 11.3. The number of aromatic carboxylic acids is 1. The number of carbonyl (C=O) groups is 1. The quantitative estimate of drug-likeness (QED) is 0.473. The standard InChI is InChI=1S/C23H18ClNO3/c1-28-20-8-9-21-18(12-20)13-22(16-5-3-7-19(24)11-16)25(21)14-15-4-2-6-17(10-15)23(26)27/h2-13H,14H2,1H3,(H,26,27). The second-order valence-corrected chi connectivity index (χ2v) is 6.99. The highest BCUT2D eigenvalue weighted by molar-refractivity contribution is 6.30. The highest BCUT2D eigenvalue weighted by Crippen LogP contribution is 2.32. The molecule has 4 nitrogen and oxygen atoms in total. The molecule has 0 saturated heterocycles.